The molecule has 8 nitrogen and oxygen atoms in total. The van der Waals surface area contributed by atoms with E-state index in [-0.39, 0.29) is 5.91 Å². The minimum Gasteiger partial charge on any atom is -0.337 e. The summed E-state index contributed by atoms with van der Waals surface area (Å²) in [5.41, 5.74) is 4.80. The van der Waals surface area contributed by atoms with Gasteiger partial charge in [-0.3, -0.25) is 4.79 Å². The molecule has 3 aromatic heterocycles. The molecule has 0 aliphatic rings. The minimum atomic E-state index is 0.0248. The Hall–Kier alpha value is -2.77. The second kappa shape index (κ2) is 7.23. The van der Waals surface area contributed by atoms with Gasteiger partial charge in [-0.1, -0.05) is 12.1 Å². The number of nitrogens with zero attached hydrogens (tertiary/aromatic N) is 6. The first kappa shape index (κ1) is 18.0. The fraction of sp³-hybridized carbons (Fsp3) is 0.500. The lowest BCUT2D eigenvalue weighted by molar-refractivity contribution is -0.130. The third-order valence-corrected chi connectivity index (χ3v) is 4.50. The van der Waals surface area contributed by atoms with Gasteiger partial charge in [0.15, 0.2) is 11.5 Å². The van der Waals surface area contributed by atoms with Crippen molar-refractivity contribution in [2.45, 2.75) is 53.5 Å². The van der Waals surface area contributed by atoms with Crippen molar-refractivity contribution in [1.29, 1.82) is 0 Å². The molecule has 138 valence electrons. The molecule has 0 radical (unpaired) electrons. The maximum atomic E-state index is 12.5. The largest absolute Gasteiger partial charge is 0.337 e. The Bertz CT molecular complexity index is 943. The van der Waals surface area contributed by atoms with Crippen LogP contribution in [0.1, 0.15) is 47.7 Å². The predicted octanol–water partition coefficient (Wildman–Crippen LogP) is 2.19. The summed E-state index contributed by atoms with van der Waals surface area (Å²) in [6.07, 6.45) is 1.72. The number of amides is 1. The molecule has 3 aromatic rings. The number of aromatic nitrogens is 5. The second-order valence-electron chi connectivity index (χ2n) is 6.52. The molecule has 26 heavy (non-hydrogen) atoms. The minimum absolute atomic E-state index is 0.0248. The van der Waals surface area contributed by atoms with Crippen LogP contribution in [-0.2, 0) is 24.2 Å². The third-order valence-electron chi connectivity index (χ3n) is 4.50. The third kappa shape index (κ3) is 3.58. The molecule has 3 rings (SSSR count). The van der Waals surface area contributed by atoms with E-state index in [0.717, 1.165) is 28.3 Å². The Kier molecular flexibility index (Phi) is 5.01. The van der Waals surface area contributed by atoms with Gasteiger partial charge in [0, 0.05) is 37.3 Å². The molecule has 0 aromatic carbocycles. The lowest BCUT2D eigenvalue weighted by atomic mass is 10.1. The number of hydrogen-bond donors (Lipinski definition) is 0. The molecule has 1 amide bonds. The summed E-state index contributed by atoms with van der Waals surface area (Å²) in [6, 6.07) is 1.96. The zero-order valence-corrected chi connectivity index (χ0v) is 15.9. The zero-order chi connectivity index (χ0) is 18.8. The summed E-state index contributed by atoms with van der Waals surface area (Å²) in [5, 5.41) is 8.33. The average Bonchev–Trinajstić information content (AvgIpc) is 3.20. The Labute approximate surface area is 152 Å². The monoisotopic (exact) mass is 356 g/mol. The Morgan fingerprint density at radius 2 is 2.04 bits per heavy atom. The smallest absolute Gasteiger partial charge is 0.246 e. The molecular formula is C18H24N6O2. The van der Waals surface area contributed by atoms with E-state index in [1.54, 1.807) is 11.9 Å². The summed E-state index contributed by atoms with van der Waals surface area (Å²) in [6.45, 7) is 8.22. The molecule has 0 N–H and O–H groups in total. The van der Waals surface area contributed by atoms with Gasteiger partial charge in [0.05, 0.1) is 12.2 Å². The predicted molar refractivity (Wildman–Crippen MR) is 95.7 cm³/mol. The molecule has 0 aliphatic heterocycles. The number of aryl methyl sites for hydroxylation is 4. The average molecular weight is 356 g/mol. The van der Waals surface area contributed by atoms with Gasteiger partial charge in [0.25, 0.3) is 0 Å². The van der Waals surface area contributed by atoms with E-state index in [2.05, 4.69) is 20.2 Å². The summed E-state index contributed by atoms with van der Waals surface area (Å²) in [7, 11) is 1.75. The van der Waals surface area contributed by atoms with Gasteiger partial charge >= 0.3 is 0 Å². The fourth-order valence-corrected chi connectivity index (χ4v) is 3.01. The van der Waals surface area contributed by atoms with Crippen LogP contribution in [0.4, 0.5) is 0 Å². The van der Waals surface area contributed by atoms with Crippen molar-refractivity contribution in [3.63, 3.8) is 0 Å². The maximum absolute atomic E-state index is 12.5. The van der Waals surface area contributed by atoms with E-state index >= 15 is 0 Å². The molecule has 3 heterocycles. The quantitative estimate of drug-likeness (QED) is 0.672. The Balaban J connectivity index is 1.68. The zero-order valence-electron chi connectivity index (χ0n) is 15.9. The van der Waals surface area contributed by atoms with Crippen LogP contribution in [-0.4, -0.2) is 42.6 Å². The first-order valence-electron chi connectivity index (χ1n) is 8.77. The van der Waals surface area contributed by atoms with Crippen molar-refractivity contribution in [3.8, 4) is 0 Å². The molecule has 0 aliphatic carbocycles. The van der Waals surface area contributed by atoms with Gasteiger partial charge in [-0.2, -0.15) is 10.1 Å². The highest BCUT2D eigenvalue weighted by molar-refractivity contribution is 5.76. The summed E-state index contributed by atoms with van der Waals surface area (Å²) in [4.78, 5) is 22.9. The van der Waals surface area contributed by atoms with Gasteiger partial charge in [-0.05, 0) is 32.8 Å². The molecule has 0 fully saturated rings. The number of rotatable bonds is 6. The van der Waals surface area contributed by atoms with Gasteiger partial charge < -0.3 is 9.42 Å². The van der Waals surface area contributed by atoms with E-state index < -0.39 is 0 Å². The number of hydrogen-bond acceptors (Lipinski definition) is 6. The van der Waals surface area contributed by atoms with Crippen LogP contribution >= 0.6 is 0 Å². The van der Waals surface area contributed by atoms with Gasteiger partial charge in [0.1, 0.15) is 0 Å². The number of carbonyl (C=O) groups excluding carboxylic acids is 1. The molecule has 0 spiro atoms. The van der Waals surface area contributed by atoms with Crippen LogP contribution in [0, 0.1) is 20.8 Å². The summed E-state index contributed by atoms with van der Waals surface area (Å²) in [5.74, 6) is 1.14. The van der Waals surface area contributed by atoms with Gasteiger partial charge in [-0.15, -0.1) is 0 Å². The van der Waals surface area contributed by atoms with Crippen LogP contribution in [0.25, 0.3) is 5.65 Å². The van der Waals surface area contributed by atoms with Crippen molar-refractivity contribution in [2.24, 2.45) is 0 Å². The van der Waals surface area contributed by atoms with Gasteiger partial charge in [-0.25, -0.2) is 9.50 Å². The Morgan fingerprint density at radius 3 is 2.73 bits per heavy atom. The van der Waals surface area contributed by atoms with E-state index in [1.807, 2.05) is 38.3 Å². The second-order valence-corrected chi connectivity index (χ2v) is 6.52. The van der Waals surface area contributed by atoms with Crippen LogP contribution in [0.15, 0.2) is 10.6 Å². The lowest BCUT2D eigenvalue weighted by Crippen LogP contribution is -2.26. The van der Waals surface area contributed by atoms with Crippen LogP contribution in [0.2, 0.25) is 0 Å². The Morgan fingerprint density at radius 1 is 1.27 bits per heavy atom. The number of carbonyl (C=O) groups is 1. The first-order valence-corrected chi connectivity index (χ1v) is 8.77. The van der Waals surface area contributed by atoms with Crippen LogP contribution < -0.4 is 0 Å². The van der Waals surface area contributed by atoms with Crippen molar-refractivity contribution >= 4 is 11.6 Å². The van der Waals surface area contributed by atoms with E-state index in [0.29, 0.717) is 37.5 Å². The lowest BCUT2D eigenvalue weighted by Gasteiger charge is -2.16. The molecular weight excluding hydrogens is 332 g/mol. The topological polar surface area (TPSA) is 89.4 Å². The number of fused-ring (bicyclic) bond motifs is 1. The van der Waals surface area contributed by atoms with Crippen molar-refractivity contribution in [1.82, 2.24) is 29.6 Å². The molecule has 0 unspecified atom stereocenters. The van der Waals surface area contributed by atoms with E-state index in [4.69, 9.17) is 4.52 Å². The van der Waals surface area contributed by atoms with E-state index in [1.165, 1.54) is 0 Å². The SMILES string of the molecule is CCc1noc(CN(C)C(=O)CCc2c(C)nc3cc(C)nn3c2C)n1. The molecule has 0 saturated carbocycles. The first-order chi connectivity index (χ1) is 12.4. The molecule has 8 heteroatoms. The van der Waals surface area contributed by atoms with Gasteiger partial charge in [0.2, 0.25) is 11.8 Å². The standard InChI is InChI=1S/C18H24N6O2/c1-6-15-20-17(26-22-15)10-23(5)18(25)8-7-14-12(3)19-16-9-11(2)21-24(16)13(14)4/h9H,6-8,10H2,1-5H3. The summed E-state index contributed by atoms with van der Waals surface area (Å²) >= 11 is 0. The van der Waals surface area contributed by atoms with E-state index in [9.17, 15) is 4.79 Å². The van der Waals surface area contributed by atoms with Crippen LogP contribution in [0.5, 0.6) is 0 Å². The molecule has 0 bridgehead atoms. The maximum Gasteiger partial charge on any atom is 0.246 e. The van der Waals surface area contributed by atoms with Crippen molar-refractivity contribution < 1.29 is 9.32 Å². The van der Waals surface area contributed by atoms with Crippen LogP contribution in [0.3, 0.4) is 0 Å². The fourth-order valence-electron chi connectivity index (χ4n) is 3.01. The highest BCUT2D eigenvalue weighted by Crippen LogP contribution is 2.17. The highest BCUT2D eigenvalue weighted by Gasteiger charge is 2.16. The van der Waals surface area contributed by atoms with Crippen molar-refractivity contribution in [2.75, 3.05) is 7.05 Å². The highest BCUT2D eigenvalue weighted by atomic mass is 16.5. The summed E-state index contributed by atoms with van der Waals surface area (Å²) < 4.78 is 7.00. The normalized spacial score (nSPS) is 11.3. The molecule has 0 saturated heterocycles. The molecule has 0 atom stereocenters. The van der Waals surface area contributed by atoms with Crippen molar-refractivity contribution in [3.05, 3.63) is 40.4 Å².